The second-order valence-electron chi connectivity index (χ2n) is 9.07. The van der Waals surface area contributed by atoms with Gasteiger partial charge in [-0.2, -0.15) is 0 Å². The molecule has 1 fully saturated rings. The van der Waals surface area contributed by atoms with Gasteiger partial charge >= 0.3 is 0 Å². The Balaban J connectivity index is 0.000000292. The fraction of sp³-hybridized carbons (Fsp3) is 0.259. The van der Waals surface area contributed by atoms with Crippen molar-refractivity contribution < 1.29 is 9.53 Å². The summed E-state index contributed by atoms with van der Waals surface area (Å²) < 4.78 is 7.27. The maximum absolute atomic E-state index is 12.9. The van der Waals surface area contributed by atoms with E-state index >= 15 is 0 Å². The molecule has 4 heterocycles. The monoisotopic (exact) mass is 546 g/mol. The number of carbonyl (C=O) groups is 1. The lowest BCUT2D eigenvalue weighted by atomic mass is 10.1. The van der Waals surface area contributed by atoms with Crippen molar-refractivity contribution in [3.05, 3.63) is 69.8 Å². The number of para-hydroxylation sites is 1. The van der Waals surface area contributed by atoms with Crippen LogP contribution in [0, 0.1) is 0 Å². The van der Waals surface area contributed by atoms with Crippen molar-refractivity contribution >= 4 is 50.7 Å². The second-order valence-corrected chi connectivity index (χ2v) is 10.1. The molecule has 4 aromatic rings. The maximum atomic E-state index is 12.9. The molecule has 0 bridgehead atoms. The van der Waals surface area contributed by atoms with Crippen LogP contribution in [0.5, 0.6) is 5.75 Å². The molecule has 202 valence electrons. The molecular weight excluding hydrogens is 516 g/mol. The number of rotatable bonds is 3. The highest BCUT2D eigenvalue weighted by Crippen LogP contribution is 2.38. The van der Waals surface area contributed by atoms with E-state index in [0.717, 1.165) is 41.6 Å². The Hall–Kier alpha value is -4.58. The number of guanidine groups is 1. The van der Waals surface area contributed by atoms with E-state index in [1.54, 1.807) is 19.2 Å². The Morgan fingerprint density at radius 3 is 2.46 bits per heavy atom. The molecule has 0 radical (unpaired) electrons. The van der Waals surface area contributed by atoms with Gasteiger partial charge in [0, 0.05) is 25.8 Å². The smallest absolute Gasteiger partial charge is 0.298 e. The summed E-state index contributed by atoms with van der Waals surface area (Å²) in [5, 5.41) is 0. The van der Waals surface area contributed by atoms with Gasteiger partial charge in [0.25, 0.3) is 11.5 Å². The first-order valence-corrected chi connectivity index (χ1v) is 13.4. The first kappa shape index (κ1) is 26.0. The Morgan fingerprint density at radius 2 is 1.77 bits per heavy atom. The number of hydrogen-bond donors (Lipinski definition) is 3. The lowest BCUT2D eigenvalue weighted by Gasteiger charge is -2.31. The molecule has 0 unspecified atom stereocenters. The summed E-state index contributed by atoms with van der Waals surface area (Å²) in [5.41, 5.74) is 19.3. The number of carbonyl (C=O) groups excluding carboxylic acids is 1. The van der Waals surface area contributed by atoms with Gasteiger partial charge in [-0.15, -0.1) is 11.3 Å². The van der Waals surface area contributed by atoms with Crippen molar-refractivity contribution in [2.24, 2.45) is 16.5 Å². The van der Waals surface area contributed by atoms with Crippen LogP contribution < -0.4 is 32.4 Å². The van der Waals surface area contributed by atoms with E-state index in [1.165, 1.54) is 17.4 Å². The molecule has 2 aromatic heterocycles. The van der Waals surface area contributed by atoms with E-state index in [4.69, 9.17) is 21.9 Å². The number of hydrogen-bond acceptors (Lipinski definition) is 8. The van der Waals surface area contributed by atoms with Gasteiger partial charge < -0.3 is 31.7 Å². The van der Waals surface area contributed by atoms with Crippen molar-refractivity contribution in [1.29, 1.82) is 0 Å². The molecule has 2 aromatic carbocycles. The van der Waals surface area contributed by atoms with Crippen LogP contribution in [-0.4, -0.2) is 59.6 Å². The summed E-state index contributed by atoms with van der Waals surface area (Å²) in [4.78, 5) is 37.6. The van der Waals surface area contributed by atoms with Crippen LogP contribution in [-0.2, 0) is 0 Å². The van der Waals surface area contributed by atoms with Crippen LogP contribution in [0.25, 0.3) is 16.0 Å². The van der Waals surface area contributed by atoms with Gasteiger partial charge in [-0.1, -0.05) is 18.2 Å². The third kappa shape index (κ3) is 5.23. The van der Waals surface area contributed by atoms with Crippen LogP contribution in [0.4, 0.5) is 17.2 Å². The SMILES string of the molecule is CN=C(N)N1CCCC1.NC(=O)c1cc2c(nc(N)c(=O)n2-c2ccc3c(c2)N(c2ccccc2)CCO3)s1. The van der Waals surface area contributed by atoms with Crippen molar-refractivity contribution in [3.8, 4) is 11.4 Å². The first-order chi connectivity index (χ1) is 18.9. The number of ether oxygens (including phenoxy) is 1. The van der Waals surface area contributed by atoms with Crippen LogP contribution in [0.2, 0.25) is 0 Å². The van der Waals surface area contributed by atoms with E-state index in [-0.39, 0.29) is 5.82 Å². The minimum atomic E-state index is -0.579. The van der Waals surface area contributed by atoms with Crippen molar-refractivity contribution in [2.45, 2.75) is 12.8 Å². The van der Waals surface area contributed by atoms with Gasteiger partial charge in [-0.25, -0.2) is 4.98 Å². The van der Waals surface area contributed by atoms with Gasteiger partial charge in [0.2, 0.25) is 0 Å². The number of aliphatic imine (C=N–C) groups is 1. The van der Waals surface area contributed by atoms with E-state index in [0.29, 0.717) is 40.0 Å². The summed E-state index contributed by atoms with van der Waals surface area (Å²) in [5.74, 6) is 0.690. The summed E-state index contributed by atoms with van der Waals surface area (Å²) >= 11 is 1.10. The zero-order chi connectivity index (χ0) is 27.5. The summed E-state index contributed by atoms with van der Waals surface area (Å²) in [6.45, 7) is 3.40. The Kier molecular flexibility index (Phi) is 7.37. The van der Waals surface area contributed by atoms with Crippen molar-refractivity contribution in [2.75, 3.05) is 43.9 Å². The largest absolute Gasteiger partial charge is 0.490 e. The standard InChI is InChI=1S/C21H17N5O3S.C6H13N3/c22-18-21(28)26(15-11-17(19(23)27)30-20(15)24-18)13-6-7-16-14(10-13)25(8-9-29-16)12-4-2-1-3-5-12;1-8-6(7)9-4-2-3-5-9/h1-7,10-11H,8-9H2,(H2,22,24)(H2,23,27);2-5H2,1H3,(H2,7,8). The molecule has 1 saturated heterocycles. The molecule has 0 atom stereocenters. The molecule has 0 saturated carbocycles. The van der Waals surface area contributed by atoms with Crippen LogP contribution >= 0.6 is 11.3 Å². The van der Waals surface area contributed by atoms with Crippen LogP contribution in [0.1, 0.15) is 22.5 Å². The molecule has 11 nitrogen and oxygen atoms in total. The van der Waals surface area contributed by atoms with Gasteiger partial charge in [0.15, 0.2) is 11.8 Å². The molecule has 6 rings (SSSR count). The number of aromatic nitrogens is 2. The number of anilines is 3. The number of fused-ring (bicyclic) bond motifs is 2. The normalized spacial score (nSPS) is 14.9. The molecule has 2 aliphatic heterocycles. The zero-order valence-corrected chi connectivity index (χ0v) is 22.4. The molecule has 0 spiro atoms. The van der Waals surface area contributed by atoms with Gasteiger partial charge in [0.05, 0.1) is 28.3 Å². The van der Waals surface area contributed by atoms with Crippen LogP contribution in [0.15, 0.2) is 64.4 Å². The third-order valence-electron chi connectivity index (χ3n) is 6.61. The van der Waals surface area contributed by atoms with Crippen molar-refractivity contribution in [3.63, 3.8) is 0 Å². The Morgan fingerprint density at radius 1 is 1.03 bits per heavy atom. The Bertz CT molecular complexity index is 1590. The van der Waals surface area contributed by atoms with E-state index < -0.39 is 11.5 Å². The fourth-order valence-corrected chi connectivity index (χ4v) is 5.56. The molecule has 6 N–H and O–H groups in total. The number of nitrogens with two attached hydrogens (primary N) is 3. The molecule has 39 heavy (non-hydrogen) atoms. The molecule has 2 aliphatic rings. The predicted octanol–water partition coefficient (Wildman–Crippen LogP) is 2.69. The third-order valence-corrected chi connectivity index (χ3v) is 7.65. The number of amides is 1. The van der Waals surface area contributed by atoms with E-state index in [9.17, 15) is 9.59 Å². The maximum Gasteiger partial charge on any atom is 0.298 e. The predicted molar refractivity (Wildman–Crippen MR) is 155 cm³/mol. The van der Waals surface area contributed by atoms with Gasteiger partial charge in [-0.3, -0.25) is 19.1 Å². The summed E-state index contributed by atoms with van der Waals surface area (Å²) in [6, 6.07) is 17.0. The number of likely N-dealkylation sites (tertiary alicyclic amines) is 1. The summed E-state index contributed by atoms with van der Waals surface area (Å²) in [6.07, 6.45) is 2.52. The van der Waals surface area contributed by atoms with Crippen LogP contribution in [0.3, 0.4) is 0 Å². The number of benzene rings is 2. The molecule has 0 aliphatic carbocycles. The van der Waals surface area contributed by atoms with E-state index in [2.05, 4.69) is 19.8 Å². The highest BCUT2D eigenvalue weighted by Gasteiger charge is 2.22. The minimum absolute atomic E-state index is 0.144. The average Bonchev–Trinajstić information content (AvgIpc) is 3.64. The quantitative estimate of drug-likeness (QED) is 0.261. The molecule has 12 heteroatoms. The van der Waals surface area contributed by atoms with E-state index in [1.807, 2.05) is 42.5 Å². The minimum Gasteiger partial charge on any atom is -0.490 e. The summed E-state index contributed by atoms with van der Waals surface area (Å²) in [7, 11) is 1.73. The lowest BCUT2D eigenvalue weighted by Crippen LogP contribution is -2.34. The first-order valence-electron chi connectivity index (χ1n) is 12.6. The Labute approximate surface area is 229 Å². The fourth-order valence-electron chi connectivity index (χ4n) is 4.68. The number of primary amides is 1. The zero-order valence-electron chi connectivity index (χ0n) is 21.5. The van der Waals surface area contributed by atoms with Gasteiger partial charge in [-0.05, 0) is 49.2 Å². The molecule has 1 amide bonds. The number of nitrogens with zero attached hydrogens (tertiary/aromatic N) is 5. The second kappa shape index (κ2) is 11.0. The lowest BCUT2D eigenvalue weighted by molar-refractivity contribution is 0.100. The topological polar surface area (TPSA) is 158 Å². The number of nitrogen functional groups attached to an aromatic ring is 1. The molecular formula is C27H30N8O3S. The highest BCUT2D eigenvalue weighted by atomic mass is 32.1. The number of thiophene rings is 1. The highest BCUT2D eigenvalue weighted by molar-refractivity contribution is 7.20. The van der Waals surface area contributed by atoms with Gasteiger partial charge in [0.1, 0.15) is 17.2 Å². The van der Waals surface area contributed by atoms with Crippen molar-refractivity contribution in [1.82, 2.24) is 14.5 Å². The average molecular weight is 547 g/mol.